The predicted octanol–water partition coefficient (Wildman–Crippen LogP) is 2.13. The summed E-state index contributed by atoms with van der Waals surface area (Å²) in [5.41, 5.74) is 1.02. The molecule has 3 aliphatic rings. The second kappa shape index (κ2) is 5.68. The van der Waals surface area contributed by atoms with Crippen LogP contribution in [0.2, 0.25) is 0 Å². The van der Waals surface area contributed by atoms with Crippen LogP contribution in [0.3, 0.4) is 0 Å². The fourth-order valence-electron chi connectivity index (χ4n) is 4.78. The Bertz CT molecular complexity index is 793. The summed E-state index contributed by atoms with van der Waals surface area (Å²) in [6.07, 6.45) is 9.45. The molecular weight excluding hydrogens is 318 g/mol. The first-order valence-corrected chi connectivity index (χ1v) is 9.28. The lowest BCUT2D eigenvalue weighted by Gasteiger charge is -2.27. The first kappa shape index (κ1) is 15.1. The van der Waals surface area contributed by atoms with Crippen molar-refractivity contribution in [2.75, 3.05) is 0 Å². The van der Waals surface area contributed by atoms with Crippen LogP contribution < -0.4 is 5.32 Å². The Morgan fingerprint density at radius 3 is 2.92 bits per heavy atom. The van der Waals surface area contributed by atoms with Crippen molar-refractivity contribution in [1.82, 2.24) is 25.2 Å². The van der Waals surface area contributed by atoms with Gasteiger partial charge in [0.2, 0.25) is 11.8 Å². The van der Waals surface area contributed by atoms with Crippen LogP contribution in [-0.4, -0.2) is 25.8 Å². The molecule has 5 rings (SSSR count). The molecule has 7 heteroatoms. The first-order valence-electron chi connectivity index (χ1n) is 9.28. The number of aryl methyl sites for hydroxylation is 1. The third kappa shape index (κ3) is 2.65. The normalized spacial score (nSPS) is 30.8. The number of aromatic nitrogens is 4. The minimum absolute atomic E-state index is 0.0390. The van der Waals surface area contributed by atoms with E-state index in [9.17, 15) is 4.79 Å². The van der Waals surface area contributed by atoms with Crippen molar-refractivity contribution in [2.45, 2.75) is 50.5 Å². The summed E-state index contributed by atoms with van der Waals surface area (Å²) in [6, 6.07) is 0. The Labute approximate surface area is 146 Å². The van der Waals surface area contributed by atoms with E-state index in [1.54, 1.807) is 10.9 Å². The zero-order valence-corrected chi connectivity index (χ0v) is 14.4. The van der Waals surface area contributed by atoms with Gasteiger partial charge in [-0.3, -0.25) is 9.48 Å². The van der Waals surface area contributed by atoms with E-state index in [2.05, 4.69) is 20.6 Å². The fraction of sp³-hybridized carbons (Fsp3) is 0.667. The molecule has 7 nitrogen and oxygen atoms in total. The second-order valence-corrected chi connectivity index (χ2v) is 7.89. The molecule has 132 valence electrons. The van der Waals surface area contributed by atoms with E-state index in [0.717, 1.165) is 37.1 Å². The highest BCUT2D eigenvalue weighted by molar-refractivity contribution is 5.80. The van der Waals surface area contributed by atoms with Crippen molar-refractivity contribution in [1.29, 1.82) is 0 Å². The van der Waals surface area contributed by atoms with Crippen molar-refractivity contribution in [2.24, 2.45) is 24.8 Å². The maximum absolute atomic E-state index is 12.9. The van der Waals surface area contributed by atoms with Crippen LogP contribution in [0, 0.1) is 17.8 Å². The summed E-state index contributed by atoms with van der Waals surface area (Å²) in [7, 11) is 1.88. The molecular formula is C18H23N5O2. The van der Waals surface area contributed by atoms with Gasteiger partial charge in [0.15, 0.2) is 5.82 Å². The van der Waals surface area contributed by atoms with E-state index in [1.807, 2.05) is 13.2 Å². The van der Waals surface area contributed by atoms with Crippen molar-refractivity contribution in [3.05, 3.63) is 29.7 Å². The highest BCUT2D eigenvalue weighted by atomic mass is 16.5. The molecule has 3 fully saturated rings. The lowest BCUT2D eigenvalue weighted by molar-refractivity contribution is -0.127. The van der Waals surface area contributed by atoms with Gasteiger partial charge in [0.05, 0.1) is 18.0 Å². The van der Waals surface area contributed by atoms with Crippen LogP contribution in [0.4, 0.5) is 0 Å². The summed E-state index contributed by atoms with van der Waals surface area (Å²) >= 11 is 0. The van der Waals surface area contributed by atoms with Gasteiger partial charge in [-0.1, -0.05) is 5.16 Å². The van der Waals surface area contributed by atoms with Crippen molar-refractivity contribution in [3.63, 3.8) is 0 Å². The third-order valence-corrected chi connectivity index (χ3v) is 6.13. The van der Waals surface area contributed by atoms with E-state index < -0.39 is 0 Å². The van der Waals surface area contributed by atoms with E-state index in [1.165, 1.54) is 6.42 Å². The monoisotopic (exact) mass is 341 g/mol. The van der Waals surface area contributed by atoms with Gasteiger partial charge in [0.25, 0.3) is 0 Å². The van der Waals surface area contributed by atoms with Gasteiger partial charge in [-0.15, -0.1) is 0 Å². The molecule has 2 heterocycles. The second-order valence-electron chi connectivity index (χ2n) is 7.89. The summed E-state index contributed by atoms with van der Waals surface area (Å²) in [6.45, 7) is 0.518. The van der Waals surface area contributed by atoms with Gasteiger partial charge in [0.1, 0.15) is 0 Å². The van der Waals surface area contributed by atoms with E-state index in [0.29, 0.717) is 30.2 Å². The van der Waals surface area contributed by atoms with Crippen molar-refractivity contribution in [3.8, 4) is 0 Å². The molecule has 3 saturated carbocycles. The third-order valence-electron chi connectivity index (χ3n) is 6.13. The lowest BCUT2D eigenvalue weighted by Crippen LogP contribution is -2.37. The van der Waals surface area contributed by atoms with E-state index in [4.69, 9.17) is 4.52 Å². The molecule has 2 aromatic heterocycles. The zero-order chi connectivity index (χ0) is 17.0. The topological polar surface area (TPSA) is 85.8 Å². The van der Waals surface area contributed by atoms with Gasteiger partial charge in [-0.05, 0) is 43.9 Å². The molecule has 1 amide bonds. The molecule has 25 heavy (non-hydrogen) atoms. The number of rotatable bonds is 5. The van der Waals surface area contributed by atoms with Gasteiger partial charge in [-0.2, -0.15) is 10.1 Å². The molecule has 4 atom stereocenters. The smallest absolute Gasteiger partial charge is 0.230 e. The summed E-state index contributed by atoms with van der Waals surface area (Å²) in [5.74, 6) is 3.13. The molecule has 0 unspecified atom stereocenters. The van der Waals surface area contributed by atoms with Crippen LogP contribution in [0.1, 0.15) is 61.2 Å². The Morgan fingerprint density at radius 1 is 1.32 bits per heavy atom. The number of nitrogens with one attached hydrogen (secondary N) is 1. The Morgan fingerprint density at radius 2 is 2.16 bits per heavy atom. The number of amides is 1. The van der Waals surface area contributed by atoms with Gasteiger partial charge in [0, 0.05) is 31.3 Å². The molecule has 0 aromatic carbocycles. The van der Waals surface area contributed by atoms with Crippen LogP contribution in [0.25, 0.3) is 0 Å². The Hall–Kier alpha value is -2.18. The molecule has 1 N–H and O–H groups in total. The van der Waals surface area contributed by atoms with Crippen LogP contribution >= 0.6 is 0 Å². The van der Waals surface area contributed by atoms with Crippen LogP contribution in [0.5, 0.6) is 0 Å². The van der Waals surface area contributed by atoms with Crippen molar-refractivity contribution < 1.29 is 9.32 Å². The molecule has 0 spiro atoms. The van der Waals surface area contributed by atoms with Gasteiger partial charge < -0.3 is 9.84 Å². The maximum Gasteiger partial charge on any atom is 0.230 e. The van der Waals surface area contributed by atoms with Crippen LogP contribution in [-0.2, 0) is 18.4 Å². The van der Waals surface area contributed by atoms with Gasteiger partial charge in [-0.25, -0.2) is 0 Å². The molecule has 0 aliphatic heterocycles. The minimum Gasteiger partial charge on any atom is -0.352 e. The Balaban J connectivity index is 1.33. The quantitative estimate of drug-likeness (QED) is 0.900. The number of carbonyl (C=O) groups excluding carboxylic acids is 1. The van der Waals surface area contributed by atoms with Gasteiger partial charge >= 0.3 is 0 Å². The predicted molar refractivity (Wildman–Crippen MR) is 88.4 cm³/mol. The summed E-state index contributed by atoms with van der Waals surface area (Å²) in [4.78, 5) is 17.6. The Kier molecular flexibility index (Phi) is 3.43. The minimum atomic E-state index is -0.0390. The zero-order valence-electron chi connectivity index (χ0n) is 14.4. The fourth-order valence-corrected chi connectivity index (χ4v) is 4.78. The number of hydrogen-bond donors (Lipinski definition) is 1. The molecule has 2 bridgehead atoms. The van der Waals surface area contributed by atoms with E-state index in [-0.39, 0.29) is 17.7 Å². The molecule has 2 aromatic rings. The maximum atomic E-state index is 12.9. The lowest BCUT2D eigenvalue weighted by atomic mass is 9.78. The standard InChI is InChI=1S/C18H23N5O2/c1-23-9-10(8-20-23)7-19-17(24)14-12-4-5-13(6-12)15(14)18-21-16(22-25-18)11-2-3-11/h8-9,11-15H,2-7H2,1H3,(H,19,24)/t12-,13+,14-,15-/m0/s1. The highest BCUT2D eigenvalue weighted by Gasteiger charge is 2.53. The van der Waals surface area contributed by atoms with Crippen LogP contribution in [0.15, 0.2) is 16.9 Å². The SMILES string of the molecule is Cn1cc(CNC(=O)[C@H]2[C@H]3CC[C@H](C3)[C@@H]2c2nc(C3CC3)no2)cn1. The largest absolute Gasteiger partial charge is 0.352 e. The average Bonchev–Trinajstić information content (AvgIpc) is 3.02. The number of carbonyl (C=O) groups is 1. The van der Waals surface area contributed by atoms with E-state index >= 15 is 0 Å². The summed E-state index contributed by atoms with van der Waals surface area (Å²) < 4.78 is 7.34. The number of hydrogen-bond acceptors (Lipinski definition) is 5. The molecule has 0 radical (unpaired) electrons. The number of nitrogens with zero attached hydrogens (tertiary/aromatic N) is 4. The van der Waals surface area contributed by atoms with Crippen molar-refractivity contribution >= 4 is 5.91 Å². The highest BCUT2D eigenvalue weighted by Crippen LogP contribution is 2.56. The molecule has 0 saturated heterocycles. The number of fused-ring (bicyclic) bond motifs is 2. The average molecular weight is 341 g/mol. The first-order chi connectivity index (χ1) is 12.2. The molecule has 3 aliphatic carbocycles. The summed E-state index contributed by atoms with van der Waals surface area (Å²) in [5, 5.41) is 11.4.